The van der Waals surface area contributed by atoms with Crippen LogP contribution < -0.4 is 5.32 Å². The summed E-state index contributed by atoms with van der Waals surface area (Å²) in [6.45, 7) is 5.16. The van der Waals surface area contributed by atoms with Gasteiger partial charge in [0.15, 0.2) is 0 Å². The Balaban J connectivity index is 1.65. The molecule has 1 fully saturated rings. The highest BCUT2D eigenvalue weighted by atomic mass is 16.3. The monoisotopic (exact) mass is 208 g/mol. The molecular formula is C12H20N2O. The van der Waals surface area contributed by atoms with E-state index in [1.54, 1.807) is 0 Å². The predicted molar refractivity (Wildman–Crippen MR) is 60.5 cm³/mol. The molecule has 3 heteroatoms. The molecule has 0 spiro atoms. The molecule has 0 aromatic carbocycles. The summed E-state index contributed by atoms with van der Waals surface area (Å²) in [5, 5.41) is 12.6. The Morgan fingerprint density at radius 1 is 1.53 bits per heavy atom. The van der Waals surface area contributed by atoms with E-state index in [2.05, 4.69) is 35.3 Å². The Morgan fingerprint density at radius 3 is 2.93 bits per heavy atom. The van der Waals surface area contributed by atoms with Crippen LogP contribution in [-0.2, 0) is 13.1 Å². The molecule has 2 N–H and O–H groups in total. The Hall–Kier alpha value is -0.800. The number of hydrogen-bond acceptors (Lipinski definition) is 2. The van der Waals surface area contributed by atoms with Crippen LogP contribution in [0.3, 0.4) is 0 Å². The molecule has 1 saturated carbocycles. The first-order valence-corrected chi connectivity index (χ1v) is 5.81. The molecule has 0 unspecified atom stereocenters. The predicted octanol–water partition coefficient (Wildman–Crippen LogP) is 1.37. The molecule has 0 atom stereocenters. The zero-order valence-electron chi connectivity index (χ0n) is 9.32. The number of nitrogens with one attached hydrogen (secondary N) is 1. The largest absolute Gasteiger partial charge is 0.393 e. The number of hydrogen-bond donors (Lipinski definition) is 2. The smallest absolute Gasteiger partial charge is 0.0546 e. The number of aryl methyl sites for hydroxylation is 1. The second-order valence-corrected chi connectivity index (χ2v) is 4.47. The van der Waals surface area contributed by atoms with Crippen LogP contribution in [0.25, 0.3) is 0 Å². The summed E-state index contributed by atoms with van der Waals surface area (Å²) in [7, 11) is 0. The lowest BCUT2D eigenvalue weighted by atomic mass is 9.82. The van der Waals surface area contributed by atoms with Crippen molar-refractivity contribution in [3.8, 4) is 0 Å². The first kappa shape index (κ1) is 10.7. The maximum absolute atomic E-state index is 9.14. The molecule has 1 aromatic rings. The van der Waals surface area contributed by atoms with Crippen molar-refractivity contribution in [3.05, 3.63) is 24.0 Å². The van der Waals surface area contributed by atoms with Crippen molar-refractivity contribution in [2.45, 2.75) is 39.0 Å². The zero-order chi connectivity index (χ0) is 10.7. The normalized spacial score (nSPS) is 25.2. The fourth-order valence-electron chi connectivity index (χ4n) is 2.08. The quantitative estimate of drug-likeness (QED) is 0.767. The first-order valence-electron chi connectivity index (χ1n) is 5.81. The van der Waals surface area contributed by atoms with Gasteiger partial charge in [0.2, 0.25) is 0 Å². The van der Waals surface area contributed by atoms with Gasteiger partial charge in [-0.1, -0.05) is 0 Å². The number of rotatable bonds is 5. The van der Waals surface area contributed by atoms with Crippen LogP contribution in [0.2, 0.25) is 0 Å². The van der Waals surface area contributed by atoms with Crippen molar-refractivity contribution in [1.82, 2.24) is 9.88 Å². The van der Waals surface area contributed by atoms with Gasteiger partial charge in [-0.05, 0) is 43.9 Å². The summed E-state index contributed by atoms with van der Waals surface area (Å²) in [5.41, 5.74) is 1.34. The fraction of sp³-hybridized carbons (Fsp3) is 0.667. The van der Waals surface area contributed by atoms with Gasteiger partial charge in [0.05, 0.1) is 6.10 Å². The molecule has 1 aromatic heterocycles. The zero-order valence-corrected chi connectivity index (χ0v) is 9.32. The lowest BCUT2D eigenvalue weighted by Gasteiger charge is -2.31. The van der Waals surface area contributed by atoms with E-state index >= 15 is 0 Å². The maximum Gasteiger partial charge on any atom is 0.0546 e. The minimum absolute atomic E-state index is 0.0297. The van der Waals surface area contributed by atoms with Gasteiger partial charge in [-0.2, -0.15) is 0 Å². The Labute approximate surface area is 91.1 Å². The van der Waals surface area contributed by atoms with E-state index in [0.717, 1.165) is 32.5 Å². The highest BCUT2D eigenvalue weighted by Crippen LogP contribution is 2.26. The van der Waals surface area contributed by atoms with Gasteiger partial charge >= 0.3 is 0 Å². The van der Waals surface area contributed by atoms with E-state index < -0.39 is 0 Å². The number of aliphatic hydroxyl groups is 1. The van der Waals surface area contributed by atoms with Crippen LogP contribution in [0, 0.1) is 5.92 Å². The van der Waals surface area contributed by atoms with Crippen LogP contribution in [0.4, 0.5) is 0 Å². The number of aliphatic hydroxyl groups excluding tert-OH is 1. The third-order valence-electron chi connectivity index (χ3n) is 3.15. The van der Waals surface area contributed by atoms with E-state index in [1.165, 1.54) is 5.56 Å². The van der Waals surface area contributed by atoms with Crippen LogP contribution in [0.5, 0.6) is 0 Å². The molecule has 84 valence electrons. The second kappa shape index (κ2) is 4.81. The highest BCUT2D eigenvalue weighted by Gasteiger charge is 2.26. The highest BCUT2D eigenvalue weighted by molar-refractivity contribution is 5.09. The van der Waals surface area contributed by atoms with Crippen LogP contribution in [0.1, 0.15) is 25.3 Å². The molecule has 1 aliphatic carbocycles. The van der Waals surface area contributed by atoms with Crippen molar-refractivity contribution in [1.29, 1.82) is 0 Å². The molecule has 0 radical (unpaired) electrons. The summed E-state index contributed by atoms with van der Waals surface area (Å²) in [4.78, 5) is 0. The Bertz CT molecular complexity index is 302. The molecule has 0 saturated heterocycles. The molecule has 3 nitrogen and oxygen atoms in total. The Kier molecular flexibility index (Phi) is 3.44. The molecular weight excluding hydrogens is 188 g/mol. The van der Waals surface area contributed by atoms with Crippen molar-refractivity contribution in [3.63, 3.8) is 0 Å². The lowest BCUT2D eigenvalue weighted by molar-refractivity contribution is 0.0430. The average Bonchev–Trinajstić information content (AvgIpc) is 2.63. The minimum Gasteiger partial charge on any atom is -0.393 e. The van der Waals surface area contributed by atoms with E-state index in [0.29, 0.717) is 5.92 Å². The molecule has 0 bridgehead atoms. The minimum atomic E-state index is -0.0297. The van der Waals surface area contributed by atoms with Gasteiger partial charge < -0.3 is 15.0 Å². The average molecular weight is 208 g/mol. The molecule has 0 amide bonds. The second-order valence-electron chi connectivity index (χ2n) is 4.47. The number of nitrogens with zero attached hydrogens (tertiary/aromatic N) is 1. The third kappa shape index (κ3) is 2.83. The van der Waals surface area contributed by atoms with Gasteiger partial charge in [0.25, 0.3) is 0 Å². The van der Waals surface area contributed by atoms with Gasteiger partial charge in [0, 0.05) is 25.5 Å². The summed E-state index contributed by atoms with van der Waals surface area (Å²) < 4.78 is 2.18. The molecule has 1 aliphatic rings. The summed E-state index contributed by atoms with van der Waals surface area (Å²) in [6.07, 6.45) is 6.22. The molecule has 1 heterocycles. The molecule has 15 heavy (non-hydrogen) atoms. The van der Waals surface area contributed by atoms with Gasteiger partial charge in [-0.15, -0.1) is 0 Å². The van der Waals surface area contributed by atoms with E-state index in [9.17, 15) is 0 Å². The van der Waals surface area contributed by atoms with Crippen LogP contribution >= 0.6 is 0 Å². The topological polar surface area (TPSA) is 37.2 Å². The van der Waals surface area contributed by atoms with Crippen molar-refractivity contribution in [2.24, 2.45) is 5.92 Å². The van der Waals surface area contributed by atoms with E-state index in [-0.39, 0.29) is 6.10 Å². The Morgan fingerprint density at radius 2 is 2.33 bits per heavy atom. The summed E-state index contributed by atoms with van der Waals surface area (Å²) in [5.74, 6) is 0.688. The van der Waals surface area contributed by atoms with Gasteiger partial charge in [0.1, 0.15) is 0 Å². The summed E-state index contributed by atoms with van der Waals surface area (Å²) >= 11 is 0. The molecule has 2 rings (SSSR count). The molecule has 0 aliphatic heterocycles. The lowest BCUT2D eigenvalue weighted by Crippen LogP contribution is -2.35. The van der Waals surface area contributed by atoms with E-state index in [1.807, 2.05) is 0 Å². The van der Waals surface area contributed by atoms with Crippen molar-refractivity contribution >= 4 is 0 Å². The SMILES string of the molecule is CCn1ccc(CNCC2CC(O)C2)c1. The van der Waals surface area contributed by atoms with Crippen LogP contribution in [-0.4, -0.2) is 22.3 Å². The van der Waals surface area contributed by atoms with Crippen LogP contribution in [0.15, 0.2) is 18.5 Å². The third-order valence-corrected chi connectivity index (χ3v) is 3.15. The fourth-order valence-corrected chi connectivity index (χ4v) is 2.08. The maximum atomic E-state index is 9.14. The summed E-state index contributed by atoms with van der Waals surface area (Å²) in [6, 6.07) is 2.16. The first-order chi connectivity index (χ1) is 7.28. The van der Waals surface area contributed by atoms with Crippen molar-refractivity contribution < 1.29 is 5.11 Å². The van der Waals surface area contributed by atoms with Gasteiger partial charge in [-0.25, -0.2) is 0 Å². The van der Waals surface area contributed by atoms with Gasteiger partial charge in [-0.3, -0.25) is 0 Å². The van der Waals surface area contributed by atoms with E-state index in [4.69, 9.17) is 5.11 Å². The number of aromatic nitrogens is 1. The standard InChI is InChI=1S/C12H20N2O/c1-2-14-4-3-10(9-14)7-13-8-11-5-12(15)6-11/h3-4,9,11-13,15H,2,5-8H2,1H3. The van der Waals surface area contributed by atoms with Crippen molar-refractivity contribution in [2.75, 3.05) is 6.54 Å².